The maximum atomic E-state index is 13.2. The lowest BCUT2D eigenvalue weighted by Crippen LogP contribution is -2.47. The minimum absolute atomic E-state index is 0.0497. The van der Waals surface area contributed by atoms with Gasteiger partial charge in [-0.3, -0.25) is 9.59 Å². The van der Waals surface area contributed by atoms with Crippen molar-refractivity contribution in [3.63, 3.8) is 0 Å². The highest BCUT2D eigenvalue weighted by Gasteiger charge is 2.59. The lowest BCUT2D eigenvalue weighted by atomic mass is 9.74. The fraction of sp³-hybridized carbons (Fsp3) is 0.517. The summed E-state index contributed by atoms with van der Waals surface area (Å²) in [6.07, 6.45) is 4.83. The molecule has 2 unspecified atom stereocenters. The molecule has 35 heavy (non-hydrogen) atoms. The van der Waals surface area contributed by atoms with E-state index in [1.807, 2.05) is 35.2 Å². The van der Waals surface area contributed by atoms with E-state index in [4.69, 9.17) is 9.47 Å². The number of carbonyl (C=O) groups excluding carboxylic acids is 2. The van der Waals surface area contributed by atoms with Gasteiger partial charge in [-0.2, -0.15) is 0 Å². The molecule has 6 heteroatoms. The molecular weight excluding hydrogens is 440 g/mol. The van der Waals surface area contributed by atoms with Gasteiger partial charge < -0.3 is 19.7 Å². The number of para-hydroxylation sites is 1. The molecular formula is C29H34N2O4. The van der Waals surface area contributed by atoms with E-state index in [9.17, 15) is 9.59 Å². The van der Waals surface area contributed by atoms with E-state index in [-0.39, 0.29) is 28.6 Å². The van der Waals surface area contributed by atoms with Gasteiger partial charge in [-0.25, -0.2) is 0 Å². The smallest absolute Gasteiger partial charge is 0.263 e. The number of amides is 2. The van der Waals surface area contributed by atoms with Gasteiger partial charge in [-0.15, -0.1) is 0 Å². The van der Waals surface area contributed by atoms with Crippen LogP contribution in [0.5, 0.6) is 5.75 Å². The minimum Gasteiger partial charge on any atom is -0.480 e. The number of nitrogens with zero attached hydrogens (tertiary/aromatic N) is 1. The zero-order chi connectivity index (χ0) is 23.9. The summed E-state index contributed by atoms with van der Waals surface area (Å²) >= 11 is 0. The second kappa shape index (κ2) is 8.98. The van der Waals surface area contributed by atoms with Crippen molar-refractivity contribution < 1.29 is 19.1 Å². The molecule has 2 amide bonds. The van der Waals surface area contributed by atoms with Crippen LogP contribution in [-0.2, 0) is 26.2 Å². The normalized spacial score (nSPS) is 26.0. The highest BCUT2D eigenvalue weighted by molar-refractivity contribution is 5.84. The van der Waals surface area contributed by atoms with E-state index >= 15 is 0 Å². The number of fused-ring (bicyclic) bond motifs is 1. The Bertz CT molecular complexity index is 1060. The molecule has 3 aliphatic heterocycles. The van der Waals surface area contributed by atoms with Gasteiger partial charge in [0.15, 0.2) is 6.10 Å². The van der Waals surface area contributed by atoms with Gasteiger partial charge in [0.05, 0.1) is 0 Å². The third-order valence-electron chi connectivity index (χ3n) is 8.94. The van der Waals surface area contributed by atoms with Gasteiger partial charge in [0.25, 0.3) is 5.91 Å². The zero-order valence-corrected chi connectivity index (χ0v) is 20.2. The molecule has 1 N–H and O–H groups in total. The second-order valence-electron chi connectivity index (χ2n) is 10.8. The first-order valence-corrected chi connectivity index (χ1v) is 13.0. The molecule has 2 aromatic rings. The number of likely N-dealkylation sites (tertiary alicyclic amines) is 1. The van der Waals surface area contributed by atoms with Crippen molar-refractivity contribution in [1.29, 1.82) is 0 Å². The fourth-order valence-corrected chi connectivity index (χ4v) is 6.47. The molecule has 1 aliphatic carbocycles. The Hall–Kier alpha value is -2.86. The number of hydrogen-bond donors (Lipinski definition) is 1. The first kappa shape index (κ1) is 22.6. The first-order chi connectivity index (χ1) is 17.1. The van der Waals surface area contributed by atoms with E-state index in [2.05, 4.69) is 29.6 Å². The molecule has 1 spiro atoms. The Morgan fingerprint density at radius 1 is 0.943 bits per heavy atom. The SMILES string of the molecule is O=C(NCC1(c2ccccc2)CCOCC1)C1CC12CCN(C(=O)C1Cc3ccccc3O1)CC2. The number of nitrogens with one attached hydrogen (secondary N) is 1. The predicted molar refractivity (Wildman–Crippen MR) is 132 cm³/mol. The number of ether oxygens (including phenoxy) is 2. The van der Waals surface area contributed by atoms with Crippen LogP contribution in [0.4, 0.5) is 0 Å². The maximum Gasteiger partial charge on any atom is 0.263 e. The van der Waals surface area contributed by atoms with Crippen LogP contribution in [0.25, 0.3) is 0 Å². The lowest BCUT2D eigenvalue weighted by Gasteiger charge is -2.38. The molecule has 6 nitrogen and oxygen atoms in total. The van der Waals surface area contributed by atoms with E-state index in [0.29, 0.717) is 26.1 Å². The van der Waals surface area contributed by atoms with Gasteiger partial charge in [-0.1, -0.05) is 48.5 Å². The van der Waals surface area contributed by atoms with Gasteiger partial charge in [0.1, 0.15) is 5.75 Å². The average Bonchev–Trinajstić information content (AvgIpc) is 3.43. The molecule has 6 rings (SSSR count). The van der Waals surface area contributed by atoms with Crippen LogP contribution in [0, 0.1) is 11.3 Å². The summed E-state index contributed by atoms with van der Waals surface area (Å²) < 4.78 is 11.6. The van der Waals surface area contributed by atoms with Gasteiger partial charge >= 0.3 is 0 Å². The van der Waals surface area contributed by atoms with Crippen LogP contribution in [-0.4, -0.2) is 55.7 Å². The van der Waals surface area contributed by atoms with Gasteiger partial charge in [-0.05, 0) is 54.7 Å². The number of rotatable bonds is 5. The summed E-state index contributed by atoms with van der Waals surface area (Å²) in [5.74, 6) is 1.17. The Kier molecular flexibility index (Phi) is 5.79. The van der Waals surface area contributed by atoms with Crippen molar-refractivity contribution in [2.45, 2.75) is 50.0 Å². The molecule has 1 saturated carbocycles. The summed E-state index contributed by atoms with van der Waals surface area (Å²) in [6.45, 7) is 3.56. The molecule has 0 aromatic heterocycles. The summed E-state index contributed by atoms with van der Waals surface area (Å²) in [4.78, 5) is 28.2. The lowest BCUT2D eigenvalue weighted by molar-refractivity contribution is -0.139. The zero-order valence-electron chi connectivity index (χ0n) is 20.2. The van der Waals surface area contributed by atoms with E-state index in [1.165, 1.54) is 5.56 Å². The molecule has 3 fully saturated rings. The first-order valence-electron chi connectivity index (χ1n) is 13.0. The fourth-order valence-electron chi connectivity index (χ4n) is 6.47. The van der Waals surface area contributed by atoms with Crippen molar-refractivity contribution >= 4 is 11.8 Å². The molecule has 2 aromatic carbocycles. The monoisotopic (exact) mass is 474 g/mol. The molecule has 0 bridgehead atoms. The molecule has 2 atom stereocenters. The van der Waals surface area contributed by atoms with Crippen LogP contribution in [0.1, 0.15) is 43.2 Å². The summed E-state index contributed by atoms with van der Waals surface area (Å²) in [5, 5.41) is 3.32. The van der Waals surface area contributed by atoms with Crippen LogP contribution in [0.2, 0.25) is 0 Å². The van der Waals surface area contributed by atoms with Crippen LogP contribution in [0.3, 0.4) is 0 Å². The van der Waals surface area contributed by atoms with Crippen molar-refractivity contribution in [3.8, 4) is 5.75 Å². The van der Waals surface area contributed by atoms with Crippen LogP contribution >= 0.6 is 0 Å². The van der Waals surface area contributed by atoms with E-state index in [1.54, 1.807) is 0 Å². The quantitative estimate of drug-likeness (QED) is 0.721. The number of piperidine rings is 1. The Morgan fingerprint density at radius 2 is 1.66 bits per heavy atom. The predicted octanol–water partition coefficient (Wildman–Crippen LogP) is 3.48. The topological polar surface area (TPSA) is 67.9 Å². The Balaban J connectivity index is 1.03. The van der Waals surface area contributed by atoms with Gasteiger partial charge in [0.2, 0.25) is 5.91 Å². The van der Waals surface area contributed by atoms with Crippen molar-refractivity contribution in [2.75, 3.05) is 32.8 Å². The molecule has 0 radical (unpaired) electrons. The number of hydrogen-bond acceptors (Lipinski definition) is 4. The van der Waals surface area contributed by atoms with Crippen LogP contribution in [0.15, 0.2) is 54.6 Å². The molecule has 184 valence electrons. The third-order valence-corrected chi connectivity index (χ3v) is 8.94. The summed E-state index contributed by atoms with van der Waals surface area (Å²) in [5.41, 5.74) is 2.41. The molecule has 2 saturated heterocycles. The highest BCUT2D eigenvalue weighted by atomic mass is 16.5. The van der Waals surface area contributed by atoms with Crippen molar-refractivity contribution in [2.24, 2.45) is 11.3 Å². The summed E-state index contributed by atoms with van der Waals surface area (Å²) in [6, 6.07) is 18.4. The maximum absolute atomic E-state index is 13.2. The van der Waals surface area contributed by atoms with E-state index in [0.717, 1.165) is 56.6 Å². The van der Waals surface area contributed by atoms with Gasteiger partial charge in [0, 0.05) is 50.6 Å². The summed E-state index contributed by atoms with van der Waals surface area (Å²) in [7, 11) is 0. The minimum atomic E-state index is -0.409. The number of benzene rings is 2. The van der Waals surface area contributed by atoms with Crippen molar-refractivity contribution in [3.05, 3.63) is 65.7 Å². The second-order valence-corrected chi connectivity index (χ2v) is 10.8. The average molecular weight is 475 g/mol. The van der Waals surface area contributed by atoms with Crippen molar-refractivity contribution in [1.82, 2.24) is 10.2 Å². The van der Waals surface area contributed by atoms with Crippen LogP contribution < -0.4 is 10.1 Å². The highest BCUT2D eigenvalue weighted by Crippen LogP contribution is 2.59. The Labute approximate surface area is 207 Å². The molecule has 4 aliphatic rings. The third kappa shape index (κ3) is 4.22. The van der Waals surface area contributed by atoms with E-state index < -0.39 is 6.10 Å². The largest absolute Gasteiger partial charge is 0.480 e. The standard InChI is InChI=1S/C29H34N2O4/c32-26(30-20-29(12-16-34-17-13-29)22-7-2-1-3-8-22)23-19-28(23)10-14-31(15-11-28)27(33)25-18-21-6-4-5-9-24(21)35-25/h1-9,23,25H,10-20H2,(H,30,32). The molecule has 3 heterocycles. The number of carbonyl (C=O) groups is 2. The Morgan fingerprint density at radius 3 is 2.40 bits per heavy atom.